The van der Waals surface area contributed by atoms with Crippen molar-refractivity contribution in [3.8, 4) is 0 Å². The Hall–Kier alpha value is -1.54. The lowest BCUT2D eigenvalue weighted by atomic mass is 10.0. The van der Waals surface area contributed by atoms with E-state index in [-0.39, 0.29) is 12.5 Å². The Bertz CT molecular complexity index is 1230. The first kappa shape index (κ1) is 65.5. The molecule has 0 aliphatic rings. The fraction of sp³-hybridized carbons (Fsp3) is 0.845. The Labute approximate surface area is 416 Å². The molecule has 0 aromatic rings. The van der Waals surface area contributed by atoms with Gasteiger partial charge >= 0.3 is 0 Å². The number of nitrogens with zero attached hydrogens (tertiary/aromatic N) is 1. The number of aliphatic hydroxyl groups is 1. The van der Waals surface area contributed by atoms with Gasteiger partial charge in [-0.25, -0.2) is 0 Å². The molecule has 67 heavy (non-hydrogen) atoms. The molecule has 0 aromatic heterocycles. The van der Waals surface area contributed by atoms with Gasteiger partial charge < -0.3 is 28.8 Å². The second-order valence-corrected chi connectivity index (χ2v) is 22.0. The second kappa shape index (κ2) is 49.4. The maximum absolute atomic E-state index is 12.9. The number of aliphatic hydroxyl groups excluding tert-OH is 1. The van der Waals surface area contributed by atoms with Crippen LogP contribution < -0.4 is 10.2 Å². The number of carbonyl (C=O) groups is 1. The smallest absolute Gasteiger partial charge is 0.268 e. The van der Waals surface area contributed by atoms with Crippen molar-refractivity contribution < 1.29 is 32.9 Å². The van der Waals surface area contributed by atoms with Gasteiger partial charge in [0, 0.05) is 6.42 Å². The van der Waals surface area contributed by atoms with Crippen molar-refractivity contribution in [1.82, 2.24) is 5.32 Å². The number of hydrogen-bond acceptors (Lipinski definition) is 6. The van der Waals surface area contributed by atoms with Crippen molar-refractivity contribution in [2.75, 3.05) is 40.9 Å². The van der Waals surface area contributed by atoms with Gasteiger partial charge in [-0.2, -0.15) is 0 Å². The summed E-state index contributed by atoms with van der Waals surface area (Å²) in [6.07, 6.45) is 64.9. The predicted octanol–water partition coefficient (Wildman–Crippen LogP) is 16.5. The molecule has 0 fully saturated rings. The fourth-order valence-corrected chi connectivity index (χ4v) is 8.98. The van der Waals surface area contributed by atoms with E-state index in [9.17, 15) is 19.4 Å². The lowest BCUT2D eigenvalue weighted by Gasteiger charge is -2.29. The number of nitrogens with one attached hydrogen (secondary N) is 1. The number of hydrogen-bond donors (Lipinski definition) is 2. The molecule has 0 aliphatic carbocycles. The van der Waals surface area contributed by atoms with Crippen molar-refractivity contribution in [3.05, 3.63) is 48.6 Å². The Morgan fingerprint density at radius 1 is 0.522 bits per heavy atom. The molecule has 0 bridgehead atoms. The van der Waals surface area contributed by atoms with E-state index in [1.165, 1.54) is 180 Å². The van der Waals surface area contributed by atoms with Gasteiger partial charge in [0.2, 0.25) is 5.91 Å². The van der Waals surface area contributed by atoms with Gasteiger partial charge in [0.25, 0.3) is 7.82 Å². The standard InChI is InChI=1S/C58H111N2O6P/c1-6-8-10-12-14-16-18-20-22-24-25-26-27-28-29-30-31-32-33-34-35-36-37-39-41-43-45-47-49-51-57(61)56(55-66-67(63,64)65-54-53-60(3,4)5)59-58(62)52-50-48-46-44-42-40-38-23-21-19-17-15-13-11-9-7-2/h17,19,23,38,41,43,49,51,56-57,61H,6-16,18,20-22,24-37,39-40,42,44-48,50,52-55H2,1-5H3,(H-,59,62,63,64)/b19-17-,38-23-,43-41+,51-49+. The third-order valence-electron chi connectivity index (χ3n) is 12.8. The van der Waals surface area contributed by atoms with Gasteiger partial charge in [0.05, 0.1) is 39.9 Å². The molecule has 0 rings (SSSR count). The highest BCUT2D eigenvalue weighted by atomic mass is 31.2. The van der Waals surface area contributed by atoms with Gasteiger partial charge in [-0.3, -0.25) is 9.36 Å². The number of unbranched alkanes of at least 4 members (excludes halogenated alkanes) is 33. The van der Waals surface area contributed by atoms with Crippen LogP contribution >= 0.6 is 7.82 Å². The SMILES string of the molecule is CCCCCC/C=C\C/C=C\CCCCCCCC(=O)NC(COP(=O)([O-])OCC[N+](C)(C)C)C(O)/C=C/CC/C=C/CCCCCCCCCCCCCCCCCCCCCCCCC. The molecule has 0 saturated heterocycles. The zero-order valence-corrected chi connectivity index (χ0v) is 45.7. The van der Waals surface area contributed by atoms with E-state index in [0.717, 1.165) is 64.2 Å². The molecule has 0 radical (unpaired) electrons. The normalized spacial score (nSPS) is 14.3. The maximum atomic E-state index is 12.9. The molecule has 9 heteroatoms. The lowest BCUT2D eigenvalue weighted by molar-refractivity contribution is -0.870. The van der Waals surface area contributed by atoms with E-state index in [1.807, 2.05) is 27.2 Å². The van der Waals surface area contributed by atoms with E-state index in [0.29, 0.717) is 17.4 Å². The Kier molecular flexibility index (Phi) is 48.3. The van der Waals surface area contributed by atoms with E-state index < -0.39 is 26.6 Å². The molecule has 0 aromatic carbocycles. The van der Waals surface area contributed by atoms with Gasteiger partial charge in [-0.1, -0.05) is 242 Å². The number of amides is 1. The summed E-state index contributed by atoms with van der Waals surface area (Å²) in [6.45, 7) is 4.62. The third kappa shape index (κ3) is 52.1. The summed E-state index contributed by atoms with van der Waals surface area (Å²) in [5, 5.41) is 13.8. The molecule has 0 heterocycles. The molecule has 394 valence electrons. The number of carbonyl (C=O) groups excluding carboxylic acids is 1. The molecule has 0 saturated carbocycles. The van der Waals surface area contributed by atoms with Crippen LogP contribution in [0.2, 0.25) is 0 Å². The van der Waals surface area contributed by atoms with Crippen LogP contribution in [0.4, 0.5) is 0 Å². The first-order chi connectivity index (χ1) is 32.5. The van der Waals surface area contributed by atoms with Gasteiger partial charge in [-0.15, -0.1) is 0 Å². The second-order valence-electron chi connectivity index (χ2n) is 20.6. The summed E-state index contributed by atoms with van der Waals surface area (Å²) in [4.78, 5) is 25.4. The van der Waals surface area contributed by atoms with Crippen LogP contribution in [0, 0.1) is 0 Å². The molecule has 0 aliphatic heterocycles. The van der Waals surface area contributed by atoms with E-state index in [2.05, 4.69) is 55.6 Å². The summed E-state index contributed by atoms with van der Waals surface area (Å²) in [5.41, 5.74) is 0. The van der Waals surface area contributed by atoms with Crippen LogP contribution in [0.15, 0.2) is 48.6 Å². The molecule has 0 spiro atoms. The van der Waals surface area contributed by atoms with Crippen molar-refractivity contribution in [1.29, 1.82) is 0 Å². The molecule has 3 atom stereocenters. The monoisotopic (exact) mass is 963 g/mol. The van der Waals surface area contributed by atoms with Gasteiger partial charge in [0.1, 0.15) is 13.2 Å². The topological polar surface area (TPSA) is 108 Å². The molecule has 3 unspecified atom stereocenters. The lowest BCUT2D eigenvalue weighted by Crippen LogP contribution is -2.45. The molecule has 8 nitrogen and oxygen atoms in total. The minimum Gasteiger partial charge on any atom is -0.756 e. The number of phosphoric ester groups is 1. The summed E-state index contributed by atoms with van der Waals surface area (Å²) in [7, 11) is 1.24. The molecular formula is C58H111N2O6P. The molecule has 2 N–H and O–H groups in total. The van der Waals surface area contributed by atoms with E-state index in [1.54, 1.807) is 6.08 Å². The first-order valence-corrected chi connectivity index (χ1v) is 30.0. The maximum Gasteiger partial charge on any atom is 0.268 e. The summed E-state index contributed by atoms with van der Waals surface area (Å²) >= 11 is 0. The average molecular weight is 964 g/mol. The average Bonchev–Trinajstić information content (AvgIpc) is 3.29. The van der Waals surface area contributed by atoms with Crippen molar-refractivity contribution >= 4 is 13.7 Å². The third-order valence-corrected chi connectivity index (χ3v) is 13.7. The van der Waals surface area contributed by atoms with Crippen molar-refractivity contribution in [2.24, 2.45) is 0 Å². The minimum absolute atomic E-state index is 0.0101. The van der Waals surface area contributed by atoms with Crippen LogP contribution in [-0.2, 0) is 18.4 Å². The van der Waals surface area contributed by atoms with Crippen LogP contribution in [-0.4, -0.2) is 68.5 Å². The van der Waals surface area contributed by atoms with Crippen LogP contribution in [0.3, 0.4) is 0 Å². The highest BCUT2D eigenvalue weighted by molar-refractivity contribution is 7.45. The fourth-order valence-electron chi connectivity index (χ4n) is 8.26. The summed E-state index contributed by atoms with van der Waals surface area (Å²) < 4.78 is 23.3. The Morgan fingerprint density at radius 2 is 0.881 bits per heavy atom. The largest absolute Gasteiger partial charge is 0.756 e. The number of rotatable bonds is 52. The number of quaternary nitrogens is 1. The zero-order valence-electron chi connectivity index (χ0n) is 44.9. The van der Waals surface area contributed by atoms with Crippen molar-refractivity contribution in [3.63, 3.8) is 0 Å². The van der Waals surface area contributed by atoms with E-state index >= 15 is 0 Å². The Balaban J connectivity index is 4.21. The Morgan fingerprint density at radius 3 is 1.31 bits per heavy atom. The highest BCUT2D eigenvalue weighted by Gasteiger charge is 2.23. The van der Waals surface area contributed by atoms with Crippen LogP contribution in [0.5, 0.6) is 0 Å². The van der Waals surface area contributed by atoms with Gasteiger partial charge in [-0.05, 0) is 64.2 Å². The summed E-state index contributed by atoms with van der Waals surface area (Å²) in [5.74, 6) is -0.220. The number of allylic oxidation sites excluding steroid dienone is 7. The molecule has 1 amide bonds. The zero-order chi connectivity index (χ0) is 49.2. The summed E-state index contributed by atoms with van der Waals surface area (Å²) in [6, 6.07) is -0.912. The predicted molar refractivity (Wildman–Crippen MR) is 288 cm³/mol. The number of likely N-dealkylation sites (N-methyl/N-ethyl adjacent to an activating group) is 1. The minimum atomic E-state index is -4.61. The van der Waals surface area contributed by atoms with Crippen LogP contribution in [0.1, 0.15) is 264 Å². The van der Waals surface area contributed by atoms with Gasteiger partial charge in [0.15, 0.2) is 0 Å². The van der Waals surface area contributed by atoms with E-state index in [4.69, 9.17) is 9.05 Å². The first-order valence-electron chi connectivity index (χ1n) is 28.5. The van der Waals surface area contributed by atoms with Crippen molar-refractivity contribution in [2.45, 2.75) is 276 Å². The number of phosphoric acid groups is 1. The molecular weight excluding hydrogens is 852 g/mol. The van der Waals surface area contributed by atoms with Crippen LogP contribution in [0.25, 0.3) is 0 Å². The quantitative estimate of drug-likeness (QED) is 0.0272. The highest BCUT2D eigenvalue weighted by Crippen LogP contribution is 2.38.